The van der Waals surface area contributed by atoms with Crippen LogP contribution in [0.3, 0.4) is 0 Å². The van der Waals surface area contributed by atoms with Gasteiger partial charge in [0.2, 0.25) is 4.90 Å². The summed E-state index contributed by atoms with van der Waals surface area (Å²) in [6.45, 7) is 0. The zero-order chi connectivity index (χ0) is 25.5. The molecule has 34 heavy (non-hydrogen) atoms. The van der Waals surface area contributed by atoms with Crippen molar-refractivity contribution in [3.8, 4) is 0 Å². The van der Waals surface area contributed by atoms with Crippen LogP contribution in [0, 0.1) is 30.3 Å². The number of non-ortho nitro benzene ring substituents is 1. The van der Waals surface area contributed by atoms with Crippen molar-refractivity contribution in [3.05, 3.63) is 53.6 Å². The van der Waals surface area contributed by atoms with E-state index in [9.17, 15) is 43.3 Å². The molecular formula is C19H25N3O9S3. The number of nitro benzene ring substituents is 3. The standard InChI is InChI=1S/C13H23S2.C6H3N3O9S/c1-15-9-5-4-8-14-10-12-6-2-3-7-13(12)11-15;10-7(11)3-1-4(8(12)13)6(19(16,17)18)5(2-3)9(14)15/h2-11H2,1H3;1-2H,(H,16,17,18)/q+1;/p-1. The predicted molar refractivity (Wildman–Crippen MR) is 129 cm³/mol. The van der Waals surface area contributed by atoms with E-state index in [4.69, 9.17) is 0 Å². The minimum Gasteiger partial charge on any atom is -0.744 e. The second-order valence-electron chi connectivity index (χ2n) is 7.84. The van der Waals surface area contributed by atoms with Crippen molar-refractivity contribution in [2.75, 3.05) is 29.3 Å². The summed E-state index contributed by atoms with van der Waals surface area (Å²) in [7, 11) is -4.88. The third kappa shape index (κ3) is 7.92. The quantitative estimate of drug-likeness (QED) is 0.179. The Morgan fingerprint density at radius 3 is 1.94 bits per heavy atom. The minimum atomic E-state index is -5.55. The van der Waals surface area contributed by atoms with Crippen LogP contribution in [0.4, 0.5) is 17.1 Å². The first-order chi connectivity index (χ1) is 15.9. The van der Waals surface area contributed by atoms with E-state index < -0.39 is 46.8 Å². The van der Waals surface area contributed by atoms with E-state index in [1.165, 1.54) is 61.5 Å². The Morgan fingerprint density at radius 1 is 0.882 bits per heavy atom. The van der Waals surface area contributed by atoms with Gasteiger partial charge in [0.25, 0.3) is 5.69 Å². The van der Waals surface area contributed by atoms with Crippen LogP contribution < -0.4 is 0 Å². The summed E-state index contributed by atoms with van der Waals surface area (Å²) in [6, 6.07) is 0.329. The summed E-state index contributed by atoms with van der Waals surface area (Å²) in [5.41, 5.74) is -0.411. The molecule has 1 unspecified atom stereocenters. The van der Waals surface area contributed by atoms with Crippen molar-refractivity contribution in [2.45, 2.75) is 43.4 Å². The average Bonchev–Trinajstić information content (AvgIpc) is 2.76. The molecular weight excluding hydrogens is 510 g/mol. The molecule has 1 heterocycles. The largest absolute Gasteiger partial charge is 0.744 e. The molecule has 2 aliphatic rings. The molecule has 0 saturated heterocycles. The Hall–Kier alpha value is -2.23. The molecule has 1 aliphatic carbocycles. The van der Waals surface area contributed by atoms with Gasteiger partial charge in [0, 0.05) is 5.75 Å². The third-order valence-electron chi connectivity index (χ3n) is 5.32. The van der Waals surface area contributed by atoms with Gasteiger partial charge < -0.3 is 4.55 Å². The molecule has 1 aliphatic heterocycles. The van der Waals surface area contributed by atoms with Gasteiger partial charge in [-0.2, -0.15) is 11.8 Å². The number of nitro groups is 3. The van der Waals surface area contributed by atoms with Gasteiger partial charge in [-0.1, -0.05) is 5.57 Å². The number of nitrogens with zero attached hydrogens (tertiary/aromatic N) is 3. The van der Waals surface area contributed by atoms with Crippen molar-refractivity contribution >= 4 is 49.8 Å². The first-order valence-electron chi connectivity index (χ1n) is 10.4. The van der Waals surface area contributed by atoms with Crippen LogP contribution in [-0.4, -0.2) is 57.0 Å². The van der Waals surface area contributed by atoms with Gasteiger partial charge >= 0.3 is 11.4 Å². The number of hydrogen-bond acceptors (Lipinski definition) is 10. The molecule has 0 spiro atoms. The van der Waals surface area contributed by atoms with Crippen LogP contribution in [-0.2, 0) is 21.0 Å². The van der Waals surface area contributed by atoms with Gasteiger partial charge in [0.15, 0.2) is 0 Å². The van der Waals surface area contributed by atoms with Gasteiger partial charge in [-0.15, -0.1) is 0 Å². The molecule has 0 saturated carbocycles. The number of hydrogen-bond donors (Lipinski definition) is 0. The molecule has 15 heteroatoms. The van der Waals surface area contributed by atoms with Crippen molar-refractivity contribution < 1.29 is 27.7 Å². The molecule has 1 aromatic rings. The Balaban J connectivity index is 0.000000246. The third-order valence-corrected chi connectivity index (χ3v) is 9.20. The fourth-order valence-electron chi connectivity index (χ4n) is 3.71. The van der Waals surface area contributed by atoms with E-state index >= 15 is 0 Å². The lowest BCUT2D eigenvalue weighted by Gasteiger charge is -2.20. The lowest BCUT2D eigenvalue weighted by atomic mass is 9.94. The maximum atomic E-state index is 10.8. The molecule has 12 nitrogen and oxygen atoms in total. The first kappa shape index (κ1) is 28.0. The van der Waals surface area contributed by atoms with E-state index in [-0.39, 0.29) is 12.1 Å². The maximum absolute atomic E-state index is 10.8. The average molecular weight is 536 g/mol. The van der Waals surface area contributed by atoms with Gasteiger partial charge in [0.1, 0.15) is 21.6 Å². The van der Waals surface area contributed by atoms with Crippen molar-refractivity contribution in [1.82, 2.24) is 0 Å². The Kier molecular flexibility index (Phi) is 10.3. The molecule has 3 rings (SSSR count). The summed E-state index contributed by atoms with van der Waals surface area (Å²) in [4.78, 5) is 25.8. The smallest absolute Gasteiger partial charge is 0.300 e. The summed E-state index contributed by atoms with van der Waals surface area (Å²) in [5, 5.41) is 31.6. The van der Waals surface area contributed by atoms with Crippen molar-refractivity contribution in [2.24, 2.45) is 0 Å². The number of benzene rings is 1. The monoisotopic (exact) mass is 535 g/mol. The molecule has 188 valence electrons. The highest BCUT2D eigenvalue weighted by Gasteiger charge is 2.34. The Morgan fingerprint density at radius 2 is 1.44 bits per heavy atom. The summed E-state index contributed by atoms with van der Waals surface area (Å²) >= 11 is 2.18. The molecule has 0 fully saturated rings. The molecule has 1 atom stereocenters. The molecule has 0 radical (unpaired) electrons. The van der Waals surface area contributed by atoms with E-state index in [1.807, 2.05) is 11.1 Å². The summed E-state index contributed by atoms with van der Waals surface area (Å²) < 4.78 is 32.5. The second-order valence-corrected chi connectivity index (χ2v) is 12.5. The predicted octanol–water partition coefficient (Wildman–Crippen LogP) is 3.95. The molecule has 0 N–H and O–H groups in total. The second kappa shape index (κ2) is 12.5. The van der Waals surface area contributed by atoms with Crippen LogP contribution in [0.5, 0.6) is 0 Å². The van der Waals surface area contributed by atoms with E-state index in [0.717, 1.165) is 0 Å². The molecule has 0 amide bonds. The fourth-order valence-corrected chi connectivity index (χ4v) is 7.42. The van der Waals surface area contributed by atoms with Crippen LogP contribution >= 0.6 is 11.8 Å². The fraction of sp³-hybridized carbons (Fsp3) is 0.579. The topological polar surface area (TPSA) is 187 Å². The lowest BCUT2D eigenvalue weighted by molar-refractivity contribution is -0.407. The summed E-state index contributed by atoms with van der Waals surface area (Å²) in [6.07, 6.45) is 11.2. The van der Waals surface area contributed by atoms with Crippen LogP contribution in [0.15, 0.2) is 28.2 Å². The zero-order valence-electron chi connectivity index (χ0n) is 18.5. The molecule has 0 bridgehead atoms. The Bertz CT molecular complexity index is 1050. The highest BCUT2D eigenvalue weighted by atomic mass is 32.2. The Labute approximate surface area is 203 Å². The normalized spacial score (nSPS) is 19.3. The molecule has 1 aromatic carbocycles. The first-order valence-corrected chi connectivity index (χ1v) is 14.9. The van der Waals surface area contributed by atoms with E-state index in [2.05, 4.69) is 18.0 Å². The van der Waals surface area contributed by atoms with E-state index in [0.29, 0.717) is 10.9 Å². The highest BCUT2D eigenvalue weighted by molar-refractivity contribution is 7.99. The van der Waals surface area contributed by atoms with Crippen LogP contribution in [0.2, 0.25) is 0 Å². The van der Waals surface area contributed by atoms with E-state index in [1.54, 1.807) is 0 Å². The SMILES string of the molecule is C[S+]1CCCCSCC2=C(CCCC2)C1.O=[N+]([O-])c1cc([N+](=O)[O-])c(S(=O)(=O)[O-])c([N+](=O)[O-])c1. The maximum Gasteiger partial charge on any atom is 0.300 e. The molecule has 0 aromatic heterocycles. The van der Waals surface area contributed by atoms with Crippen molar-refractivity contribution in [1.29, 1.82) is 0 Å². The number of thioether (sulfide) groups is 1. The number of rotatable bonds is 4. The van der Waals surface area contributed by atoms with Gasteiger partial charge in [-0.05, 0) is 60.7 Å². The zero-order valence-corrected chi connectivity index (χ0v) is 20.9. The minimum absolute atomic E-state index is 0.164. The van der Waals surface area contributed by atoms with Gasteiger partial charge in [-0.25, -0.2) is 8.42 Å². The van der Waals surface area contributed by atoms with Gasteiger partial charge in [0.05, 0.1) is 33.2 Å². The van der Waals surface area contributed by atoms with Crippen LogP contribution in [0.1, 0.15) is 38.5 Å². The summed E-state index contributed by atoms with van der Waals surface area (Å²) in [5.74, 6) is 5.67. The van der Waals surface area contributed by atoms with Crippen molar-refractivity contribution in [3.63, 3.8) is 0 Å². The highest BCUT2D eigenvalue weighted by Crippen LogP contribution is 2.36. The van der Waals surface area contributed by atoms with Gasteiger partial charge in [-0.3, -0.25) is 30.3 Å². The lowest BCUT2D eigenvalue weighted by Crippen LogP contribution is -2.17. The van der Waals surface area contributed by atoms with Crippen LogP contribution in [0.25, 0.3) is 0 Å².